The van der Waals surface area contributed by atoms with Crippen LogP contribution in [0.5, 0.6) is 0 Å². The lowest BCUT2D eigenvalue weighted by molar-refractivity contribution is 0.596. The molecule has 0 fully saturated rings. The molecule has 0 saturated carbocycles. The molecule has 17 heavy (non-hydrogen) atoms. The third kappa shape index (κ3) is 2.53. The lowest BCUT2D eigenvalue weighted by Gasteiger charge is -2.01. The van der Waals surface area contributed by atoms with Crippen LogP contribution in [0.3, 0.4) is 0 Å². The van der Waals surface area contributed by atoms with Gasteiger partial charge in [0.05, 0.1) is 24.1 Å². The first-order chi connectivity index (χ1) is 7.86. The van der Waals surface area contributed by atoms with Gasteiger partial charge in [-0.15, -0.1) is 0 Å². The second-order valence-corrected chi connectivity index (χ2v) is 5.38. The second-order valence-electron chi connectivity index (χ2n) is 3.82. The number of sulfonamides is 1. The molecule has 8 heteroatoms. The molecule has 0 bridgehead atoms. The van der Waals surface area contributed by atoms with Gasteiger partial charge in [0.2, 0.25) is 10.0 Å². The Hall–Kier alpha value is -1.67. The first kappa shape index (κ1) is 11.8. The SMILES string of the molecule is Cc1cc(Cn2cc(S(N)(=O)=O)cn2)n(C)n1. The average molecular weight is 255 g/mol. The van der Waals surface area contributed by atoms with Crippen molar-refractivity contribution in [3.8, 4) is 0 Å². The summed E-state index contributed by atoms with van der Waals surface area (Å²) in [7, 11) is -1.86. The lowest BCUT2D eigenvalue weighted by atomic mass is 10.4. The minimum absolute atomic E-state index is 0.0105. The molecular formula is C9H13N5O2S. The van der Waals surface area contributed by atoms with Crippen molar-refractivity contribution in [1.82, 2.24) is 19.6 Å². The Morgan fingerprint density at radius 1 is 1.47 bits per heavy atom. The van der Waals surface area contributed by atoms with E-state index in [0.717, 1.165) is 11.4 Å². The van der Waals surface area contributed by atoms with E-state index in [1.807, 2.05) is 20.0 Å². The summed E-state index contributed by atoms with van der Waals surface area (Å²) in [6, 6.07) is 1.91. The fourth-order valence-electron chi connectivity index (χ4n) is 1.56. The summed E-state index contributed by atoms with van der Waals surface area (Å²) >= 11 is 0. The molecule has 0 amide bonds. The molecule has 0 aliphatic heterocycles. The lowest BCUT2D eigenvalue weighted by Crippen LogP contribution is -2.11. The van der Waals surface area contributed by atoms with Crippen molar-refractivity contribution in [2.75, 3.05) is 0 Å². The number of aryl methyl sites for hydroxylation is 2. The summed E-state index contributed by atoms with van der Waals surface area (Å²) in [6.45, 7) is 2.34. The molecule has 2 N–H and O–H groups in total. The third-order valence-corrected chi connectivity index (χ3v) is 3.23. The van der Waals surface area contributed by atoms with Crippen molar-refractivity contribution in [1.29, 1.82) is 0 Å². The molecule has 0 aliphatic rings. The van der Waals surface area contributed by atoms with E-state index < -0.39 is 10.0 Å². The maximum absolute atomic E-state index is 11.1. The molecule has 2 aromatic rings. The number of hydrogen-bond acceptors (Lipinski definition) is 4. The highest BCUT2D eigenvalue weighted by Gasteiger charge is 2.11. The summed E-state index contributed by atoms with van der Waals surface area (Å²) in [5, 5.41) is 13.1. The van der Waals surface area contributed by atoms with Gasteiger partial charge in [0.15, 0.2) is 0 Å². The molecule has 0 unspecified atom stereocenters. The zero-order valence-electron chi connectivity index (χ0n) is 9.53. The van der Waals surface area contributed by atoms with Gasteiger partial charge in [-0.1, -0.05) is 0 Å². The van der Waals surface area contributed by atoms with E-state index in [1.165, 1.54) is 17.1 Å². The molecule has 0 aromatic carbocycles. The summed E-state index contributed by atoms with van der Waals surface area (Å²) in [6.07, 6.45) is 2.64. The highest BCUT2D eigenvalue weighted by atomic mass is 32.2. The highest BCUT2D eigenvalue weighted by molar-refractivity contribution is 7.89. The maximum Gasteiger partial charge on any atom is 0.241 e. The summed E-state index contributed by atoms with van der Waals surface area (Å²) in [4.78, 5) is 0.0105. The van der Waals surface area contributed by atoms with Crippen LogP contribution < -0.4 is 5.14 Å². The Morgan fingerprint density at radius 2 is 2.18 bits per heavy atom. The van der Waals surface area contributed by atoms with E-state index in [4.69, 9.17) is 5.14 Å². The molecule has 0 atom stereocenters. The zero-order valence-corrected chi connectivity index (χ0v) is 10.3. The van der Waals surface area contributed by atoms with Gasteiger partial charge >= 0.3 is 0 Å². The predicted octanol–water partition coefficient (Wildman–Crippen LogP) is -0.379. The van der Waals surface area contributed by atoms with Gasteiger partial charge in [-0.3, -0.25) is 9.36 Å². The molecule has 7 nitrogen and oxygen atoms in total. The Labute approximate surface area is 98.9 Å². The molecule has 2 heterocycles. The molecule has 92 valence electrons. The minimum Gasteiger partial charge on any atom is -0.270 e. The Bertz CT molecular complexity index is 640. The van der Waals surface area contributed by atoms with Crippen LogP contribution in [-0.4, -0.2) is 28.0 Å². The number of rotatable bonds is 3. The number of aromatic nitrogens is 4. The van der Waals surface area contributed by atoms with E-state index in [2.05, 4.69) is 10.2 Å². The molecule has 2 rings (SSSR count). The summed E-state index contributed by atoms with van der Waals surface area (Å²) in [5.41, 5.74) is 1.84. The van der Waals surface area contributed by atoms with Crippen molar-refractivity contribution >= 4 is 10.0 Å². The first-order valence-corrected chi connectivity index (χ1v) is 6.45. The zero-order chi connectivity index (χ0) is 12.6. The van der Waals surface area contributed by atoms with Crippen LogP contribution in [-0.2, 0) is 23.6 Å². The molecule has 2 aromatic heterocycles. The van der Waals surface area contributed by atoms with Crippen molar-refractivity contribution in [3.05, 3.63) is 29.8 Å². The standard InChI is InChI=1S/C9H13N5O2S/c1-7-3-8(13(2)12-7)5-14-6-9(4-11-14)17(10,15)16/h3-4,6H,5H2,1-2H3,(H2,10,15,16). The Morgan fingerprint density at radius 3 is 2.65 bits per heavy atom. The normalized spacial score (nSPS) is 11.9. The monoisotopic (exact) mass is 255 g/mol. The highest BCUT2D eigenvalue weighted by Crippen LogP contribution is 2.08. The molecule has 0 aliphatic carbocycles. The predicted molar refractivity (Wildman–Crippen MR) is 60.6 cm³/mol. The van der Waals surface area contributed by atoms with Crippen LogP contribution in [0.15, 0.2) is 23.4 Å². The van der Waals surface area contributed by atoms with E-state index >= 15 is 0 Å². The van der Waals surface area contributed by atoms with Gasteiger partial charge in [0, 0.05) is 13.2 Å². The van der Waals surface area contributed by atoms with Crippen LogP contribution >= 0.6 is 0 Å². The third-order valence-electron chi connectivity index (χ3n) is 2.36. The van der Waals surface area contributed by atoms with Crippen LogP contribution in [0.25, 0.3) is 0 Å². The van der Waals surface area contributed by atoms with Gasteiger partial charge in [0.1, 0.15) is 4.90 Å². The van der Waals surface area contributed by atoms with Gasteiger partial charge in [-0.05, 0) is 13.0 Å². The number of hydrogen-bond donors (Lipinski definition) is 1. The fourth-order valence-corrected chi connectivity index (χ4v) is 2.02. The van der Waals surface area contributed by atoms with E-state index in [-0.39, 0.29) is 4.90 Å². The Kier molecular flexibility index (Phi) is 2.76. The van der Waals surface area contributed by atoms with Crippen LogP contribution in [0.2, 0.25) is 0 Å². The summed E-state index contributed by atoms with van der Waals surface area (Å²) < 4.78 is 25.4. The van der Waals surface area contributed by atoms with Gasteiger partial charge in [-0.2, -0.15) is 10.2 Å². The van der Waals surface area contributed by atoms with Crippen molar-refractivity contribution in [2.24, 2.45) is 12.2 Å². The topological polar surface area (TPSA) is 95.8 Å². The molecule has 0 radical (unpaired) electrons. The first-order valence-electron chi connectivity index (χ1n) is 4.91. The fraction of sp³-hybridized carbons (Fsp3) is 0.333. The average Bonchev–Trinajstić information content (AvgIpc) is 2.74. The van der Waals surface area contributed by atoms with Crippen LogP contribution in [0, 0.1) is 6.92 Å². The van der Waals surface area contributed by atoms with E-state index in [1.54, 1.807) is 4.68 Å². The minimum atomic E-state index is -3.68. The van der Waals surface area contributed by atoms with Gasteiger partial charge in [-0.25, -0.2) is 13.6 Å². The van der Waals surface area contributed by atoms with E-state index in [0.29, 0.717) is 6.54 Å². The smallest absolute Gasteiger partial charge is 0.241 e. The van der Waals surface area contributed by atoms with Gasteiger partial charge in [0.25, 0.3) is 0 Å². The summed E-state index contributed by atoms with van der Waals surface area (Å²) in [5.74, 6) is 0. The molecule has 0 saturated heterocycles. The van der Waals surface area contributed by atoms with Crippen molar-refractivity contribution < 1.29 is 8.42 Å². The largest absolute Gasteiger partial charge is 0.270 e. The van der Waals surface area contributed by atoms with Crippen LogP contribution in [0.4, 0.5) is 0 Å². The Balaban J connectivity index is 2.26. The second kappa shape index (κ2) is 3.97. The van der Waals surface area contributed by atoms with Crippen molar-refractivity contribution in [2.45, 2.75) is 18.4 Å². The van der Waals surface area contributed by atoms with Crippen molar-refractivity contribution in [3.63, 3.8) is 0 Å². The number of primary sulfonamides is 1. The van der Waals surface area contributed by atoms with E-state index in [9.17, 15) is 8.42 Å². The van der Waals surface area contributed by atoms with Gasteiger partial charge < -0.3 is 0 Å². The molecular weight excluding hydrogens is 242 g/mol. The molecule has 0 spiro atoms. The van der Waals surface area contributed by atoms with Crippen LogP contribution in [0.1, 0.15) is 11.4 Å². The number of nitrogens with two attached hydrogens (primary N) is 1. The quantitative estimate of drug-likeness (QED) is 0.808. The maximum atomic E-state index is 11.1. The number of nitrogens with zero attached hydrogens (tertiary/aromatic N) is 4.